The number of nitrogens with zero attached hydrogens (tertiary/aromatic N) is 1. The molecule has 0 bridgehead atoms. The van der Waals surface area contributed by atoms with Crippen molar-refractivity contribution < 1.29 is 9.53 Å². The number of pyridine rings is 1. The Balaban J connectivity index is 1.62. The molecule has 0 unspecified atom stereocenters. The van der Waals surface area contributed by atoms with Crippen molar-refractivity contribution in [3.63, 3.8) is 0 Å². The Morgan fingerprint density at radius 1 is 1.15 bits per heavy atom. The van der Waals surface area contributed by atoms with Gasteiger partial charge < -0.3 is 10.1 Å². The van der Waals surface area contributed by atoms with Crippen LogP contribution in [0, 0.1) is 0 Å². The number of para-hydroxylation sites is 1. The molecular formula is C20H15ClN2O2S. The molecule has 1 N–H and O–H groups in total. The minimum Gasteiger partial charge on any atom is -0.497 e. The van der Waals surface area contributed by atoms with Crippen LogP contribution < -0.4 is 10.1 Å². The van der Waals surface area contributed by atoms with E-state index in [1.807, 2.05) is 54.6 Å². The summed E-state index contributed by atoms with van der Waals surface area (Å²) < 4.78 is 6.19. The molecule has 0 saturated carbocycles. The molecule has 4 aromatic rings. The summed E-state index contributed by atoms with van der Waals surface area (Å²) in [5.74, 6) is 0.636. The summed E-state index contributed by atoms with van der Waals surface area (Å²) in [6.45, 7) is 0.428. The molecule has 0 aliphatic heterocycles. The summed E-state index contributed by atoms with van der Waals surface area (Å²) in [5.41, 5.74) is 1.80. The number of nitrogens with one attached hydrogen (secondary N) is 1. The lowest BCUT2D eigenvalue weighted by molar-refractivity contribution is 0.0955. The Hall–Kier alpha value is -2.63. The first-order valence-corrected chi connectivity index (χ1v) is 9.24. The number of ether oxygens (including phenoxy) is 1. The van der Waals surface area contributed by atoms with Gasteiger partial charge in [-0.3, -0.25) is 4.79 Å². The van der Waals surface area contributed by atoms with Gasteiger partial charge >= 0.3 is 0 Å². The van der Waals surface area contributed by atoms with Gasteiger partial charge in [0.2, 0.25) is 0 Å². The molecule has 2 aromatic carbocycles. The van der Waals surface area contributed by atoms with E-state index in [4.69, 9.17) is 16.3 Å². The average Bonchev–Trinajstić information content (AvgIpc) is 3.13. The van der Waals surface area contributed by atoms with E-state index in [2.05, 4.69) is 10.3 Å². The standard InChI is InChI=1S/C20H15ClN2O2S/c1-25-13-6-4-5-12(9-13)11-22-20(24)17-10-15-18(26-17)14-7-2-3-8-16(14)23-19(15)21/h2-10H,11H2,1H3,(H,22,24). The fraction of sp³-hybridized carbons (Fsp3) is 0.100. The molecule has 26 heavy (non-hydrogen) atoms. The van der Waals surface area contributed by atoms with Crippen LogP contribution in [0.25, 0.3) is 21.0 Å². The minimum absolute atomic E-state index is 0.130. The number of hydrogen-bond acceptors (Lipinski definition) is 4. The molecule has 0 saturated heterocycles. The monoisotopic (exact) mass is 382 g/mol. The lowest BCUT2D eigenvalue weighted by atomic mass is 10.2. The van der Waals surface area contributed by atoms with Crippen LogP contribution in [-0.2, 0) is 6.54 Å². The first kappa shape index (κ1) is 16.8. The van der Waals surface area contributed by atoms with E-state index in [1.54, 1.807) is 7.11 Å². The zero-order valence-corrected chi connectivity index (χ0v) is 15.5. The topological polar surface area (TPSA) is 51.2 Å². The summed E-state index contributed by atoms with van der Waals surface area (Å²) in [6, 6.07) is 17.2. The van der Waals surface area contributed by atoms with Crippen LogP contribution in [0.5, 0.6) is 5.75 Å². The maximum absolute atomic E-state index is 12.6. The molecule has 6 heteroatoms. The summed E-state index contributed by atoms with van der Waals surface area (Å²) in [5, 5.41) is 5.18. The Bertz CT molecular complexity index is 1120. The minimum atomic E-state index is -0.130. The van der Waals surface area contributed by atoms with E-state index in [9.17, 15) is 4.79 Å². The first-order chi connectivity index (χ1) is 12.7. The molecule has 130 valence electrons. The molecule has 1 amide bonds. The lowest BCUT2D eigenvalue weighted by Crippen LogP contribution is -2.21. The normalized spacial score (nSPS) is 11.0. The van der Waals surface area contributed by atoms with Crippen LogP contribution in [0.4, 0.5) is 0 Å². The van der Waals surface area contributed by atoms with Gasteiger partial charge in [0.05, 0.1) is 17.5 Å². The SMILES string of the molecule is COc1cccc(CNC(=O)c2cc3c(Cl)nc4ccccc4c3s2)c1. The van der Waals surface area contributed by atoms with Crippen LogP contribution in [0.15, 0.2) is 54.6 Å². The Morgan fingerprint density at radius 3 is 2.85 bits per heavy atom. The Labute approximate surface area is 159 Å². The number of amides is 1. The number of carbonyl (C=O) groups is 1. The van der Waals surface area contributed by atoms with Gasteiger partial charge in [-0.05, 0) is 29.8 Å². The number of benzene rings is 2. The van der Waals surface area contributed by atoms with E-state index in [1.165, 1.54) is 11.3 Å². The van der Waals surface area contributed by atoms with Crippen molar-refractivity contribution in [1.29, 1.82) is 0 Å². The van der Waals surface area contributed by atoms with Gasteiger partial charge in [-0.1, -0.05) is 41.9 Å². The van der Waals surface area contributed by atoms with Crippen LogP contribution in [0.1, 0.15) is 15.2 Å². The summed E-state index contributed by atoms with van der Waals surface area (Å²) in [6.07, 6.45) is 0. The molecular weight excluding hydrogens is 368 g/mol. The number of halogens is 1. The molecule has 2 aromatic heterocycles. The maximum Gasteiger partial charge on any atom is 0.261 e. The fourth-order valence-corrected chi connectivity index (χ4v) is 4.24. The van der Waals surface area contributed by atoms with E-state index < -0.39 is 0 Å². The van der Waals surface area contributed by atoms with Crippen molar-refractivity contribution in [2.75, 3.05) is 7.11 Å². The Morgan fingerprint density at radius 2 is 2.00 bits per heavy atom. The number of methoxy groups -OCH3 is 1. The number of fused-ring (bicyclic) bond motifs is 3. The quantitative estimate of drug-likeness (QED) is 0.503. The third-order valence-corrected chi connectivity index (χ3v) is 5.59. The smallest absolute Gasteiger partial charge is 0.261 e. The number of rotatable bonds is 4. The van der Waals surface area contributed by atoms with Gasteiger partial charge in [0.25, 0.3) is 5.91 Å². The van der Waals surface area contributed by atoms with Crippen molar-refractivity contribution in [2.45, 2.75) is 6.54 Å². The van der Waals surface area contributed by atoms with Crippen LogP contribution >= 0.6 is 22.9 Å². The Kier molecular flexibility index (Phi) is 4.49. The second-order valence-electron chi connectivity index (χ2n) is 5.81. The van der Waals surface area contributed by atoms with E-state index >= 15 is 0 Å². The van der Waals surface area contributed by atoms with Crippen molar-refractivity contribution in [2.24, 2.45) is 0 Å². The molecule has 4 nitrogen and oxygen atoms in total. The zero-order valence-electron chi connectivity index (χ0n) is 14.0. The maximum atomic E-state index is 12.6. The lowest BCUT2D eigenvalue weighted by Gasteiger charge is -2.05. The van der Waals surface area contributed by atoms with Gasteiger partial charge in [0, 0.05) is 22.0 Å². The molecule has 0 aliphatic carbocycles. The molecule has 0 spiro atoms. The summed E-state index contributed by atoms with van der Waals surface area (Å²) in [4.78, 5) is 17.6. The van der Waals surface area contributed by atoms with E-state index in [0.29, 0.717) is 16.6 Å². The fourth-order valence-electron chi connectivity index (χ4n) is 2.84. The molecule has 0 atom stereocenters. The number of aromatic nitrogens is 1. The highest BCUT2D eigenvalue weighted by molar-refractivity contribution is 7.21. The highest BCUT2D eigenvalue weighted by Crippen LogP contribution is 2.35. The summed E-state index contributed by atoms with van der Waals surface area (Å²) in [7, 11) is 1.62. The highest BCUT2D eigenvalue weighted by Gasteiger charge is 2.15. The van der Waals surface area contributed by atoms with Crippen molar-refractivity contribution >= 4 is 49.8 Å². The van der Waals surface area contributed by atoms with Gasteiger partial charge in [-0.15, -0.1) is 11.3 Å². The highest BCUT2D eigenvalue weighted by atomic mass is 35.5. The molecule has 0 radical (unpaired) electrons. The van der Waals surface area contributed by atoms with Gasteiger partial charge in [-0.25, -0.2) is 4.98 Å². The van der Waals surface area contributed by atoms with Crippen molar-refractivity contribution in [3.8, 4) is 5.75 Å². The predicted octanol–water partition coefficient (Wildman–Crippen LogP) is 5.04. The number of carbonyl (C=O) groups excluding carboxylic acids is 1. The van der Waals surface area contributed by atoms with Gasteiger partial charge in [0.1, 0.15) is 10.9 Å². The second-order valence-corrected chi connectivity index (χ2v) is 7.22. The van der Waals surface area contributed by atoms with Gasteiger partial charge in [-0.2, -0.15) is 0 Å². The third kappa shape index (κ3) is 3.11. The second kappa shape index (κ2) is 6.94. The average molecular weight is 383 g/mol. The molecule has 0 aliphatic rings. The predicted molar refractivity (Wildman–Crippen MR) is 106 cm³/mol. The molecule has 2 heterocycles. The zero-order chi connectivity index (χ0) is 18.1. The van der Waals surface area contributed by atoms with Crippen molar-refractivity contribution in [3.05, 3.63) is 70.2 Å². The van der Waals surface area contributed by atoms with Gasteiger partial charge in [0.15, 0.2) is 0 Å². The first-order valence-electron chi connectivity index (χ1n) is 8.04. The van der Waals surface area contributed by atoms with Crippen LogP contribution in [-0.4, -0.2) is 18.0 Å². The largest absolute Gasteiger partial charge is 0.497 e. The third-order valence-electron chi connectivity index (χ3n) is 4.13. The van der Waals surface area contributed by atoms with Crippen molar-refractivity contribution in [1.82, 2.24) is 10.3 Å². The van der Waals surface area contributed by atoms with E-state index in [0.717, 1.165) is 32.3 Å². The summed E-state index contributed by atoms with van der Waals surface area (Å²) >= 11 is 7.74. The molecule has 0 fully saturated rings. The molecule has 4 rings (SSSR count). The number of thiophene rings is 1. The van der Waals surface area contributed by atoms with Crippen LogP contribution in [0.3, 0.4) is 0 Å². The van der Waals surface area contributed by atoms with Crippen LogP contribution in [0.2, 0.25) is 5.15 Å². The van der Waals surface area contributed by atoms with E-state index in [-0.39, 0.29) is 5.91 Å². The number of hydrogen-bond donors (Lipinski definition) is 1.